The summed E-state index contributed by atoms with van der Waals surface area (Å²) < 4.78 is 0. The van der Waals surface area contributed by atoms with Crippen LogP contribution in [0.5, 0.6) is 0 Å². The Morgan fingerprint density at radius 1 is 1.21 bits per heavy atom. The molecule has 1 N–H and O–H groups in total. The molecule has 0 saturated carbocycles. The third-order valence-electron chi connectivity index (χ3n) is 3.00. The van der Waals surface area contributed by atoms with Crippen LogP contribution in [-0.2, 0) is 6.42 Å². The molecule has 1 unspecified atom stereocenters. The summed E-state index contributed by atoms with van der Waals surface area (Å²) in [7, 11) is 0. The lowest BCUT2D eigenvalue weighted by molar-refractivity contribution is 0.703. The molecule has 0 fully saturated rings. The summed E-state index contributed by atoms with van der Waals surface area (Å²) in [5.41, 5.74) is 1.94. The Bertz CT molecular complexity index is 540. The molecule has 0 aliphatic heterocycles. The van der Waals surface area contributed by atoms with Gasteiger partial charge < -0.3 is 5.32 Å². The molecule has 0 aliphatic carbocycles. The summed E-state index contributed by atoms with van der Waals surface area (Å²) in [6, 6.07) is 16.5. The molecular weight excluding hydrogens is 234 g/mol. The van der Waals surface area contributed by atoms with Gasteiger partial charge in [0.05, 0.1) is 5.56 Å². The van der Waals surface area contributed by atoms with Gasteiger partial charge in [0.2, 0.25) is 0 Å². The zero-order valence-corrected chi connectivity index (χ0v) is 11.0. The van der Waals surface area contributed by atoms with Crippen LogP contribution in [-0.4, -0.2) is 11.0 Å². The van der Waals surface area contributed by atoms with Crippen molar-refractivity contribution in [1.82, 2.24) is 4.98 Å². The van der Waals surface area contributed by atoms with Gasteiger partial charge in [0.1, 0.15) is 11.9 Å². The topological polar surface area (TPSA) is 48.7 Å². The predicted octanol–water partition coefficient (Wildman–Crippen LogP) is 3.39. The van der Waals surface area contributed by atoms with Gasteiger partial charge in [-0.25, -0.2) is 4.98 Å². The quantitative estimate of drug-likeness (QED) is 0.886. The van der Waals surface area contributed by atoms with E-state index in [0.717, 1.165) is 18.7 Å². The minimum absolute atomic E-state index is 0.348. The molecule has 3 nitrogen and oxygen atoms in total. The first kappa shape index (κ1) is 13.1. The van der Waals surface area contributed by atoms with E-state index in [-0.39, 0.29) is 0 Å². The monoisotopic (exact) mass is 251 g/mol. The first-order valence-corrected chi connectivity index (χ1v) is 6.44. The van der Waals surface area contributed by atoms with E-state index in [9.17, 15) is 0 Å². The van der Waals surface area contributed by atoms with Crippen LogP contribution >= 0.6 is 0 Å². The maximum Gasteiger partial charge on any atom is 0.126 e. The Kier molecular flexibility index (Phi) is 4.52. The van der Waals surface area contributed by atoms with Gasteiger partial charge in [-0.15, -0.1) is 0 Å². The number of pyridine rings is 1. The van der Waals surface area contributed by atoms with E-state index >= 15 is 0 Å². The molecule has 19 heavy (non-hydrogen) atoms. The number of anilines is 1. The van der Waals surface area contributed by atoms with Gasteiger partial charge in [0, 0.05) is 12.2 Å². The predicted molar refractivity (Wildman–Crippen MR) is 76.8 cm³/mol. The van der Waals surface area contributed by atoms with Crippen LogP contribution in [0, 0.1) is 11.3 Å². The zero-order chi connectivity index (χ0) is 13.5. The van der Waals surface area contributed by atoms with Crippen molar-refractivity contribution >= 4 is 5.82 Å². The molecule has 1 atom stereocenters. The molecule has 96 valence electrons. The van der Waals surface area contributed by atoms with Gasteiger partial charge in [-0.05, 0) is 37.5 Å². The molecule has 1 aromatic carbocycles. The van der Waals surface area contributed by atoms with Crippen LogP contribution in [0.1, 0.15) is 24.5 Å². The Morgan fingerprint density at radius 3 is 2.63 bits per heavy atom. The van der Waals surface area contributed by atoms with E-state index in [1.807, 2.05) is 12.1 Å². The van der Waals surface area contributed by atoms with Crippen molar-refractivity contribution in [3.05, 3.63) is 59.8 Å². The van der Waals surface area contributed by atoms with Crippen molar-refractivity contribution in [1.29, 1.82) is 5.26 Å². The summed E-state index contributed by atoms with van der Waals surface area (Å²) in [5, 5.41) is 12.1. The fraction of sp³-hybridized carbons (Fsp3) is 0.250. The molecule has 0 aliphatic rings. The van der Waals surface area contributed by atoms with Crippen molar-refractivity contribution in [3.8, 4) is 6.07 Å². The maximum absolute atomic E-state index is 8.71. The van der Waals surface area contributed by atoms with Crippen molar-refractivity contribution in [3.63, 3.8) is 0 Å². The number of hydrogen-bond acceptors (Lipinski definition) is 3. The Morgan fingerprint density at radius 2 is 2.00 bits per heavy atom. The second-order valence-corrected chi connectivity index (χ2v) is 4.61. The normalized spacial score (nSPS) is 11.6. The highest BCUT2D eigenvalue weighted by Gasteiger charge is 2.03. The maximum atomic E-state index is 8.71. The third-order valence-corrected chi connectivity index (χ3v) is 3.00. The van der Waals surface area contributed by atoms with E-state index in [1.165, 1.54) is 5.56 Å². The molecule has 3 heteroatoms. The number of nitrogens with zero attached hydrogens (tertiary/aromatic N) is 2. The number of hydrogen-bond donors (Lipinski definition) is 1. The van der Waals surface area contributed by atoms with Gasteiger partial charge in [0.25, 0.3) is 0 Å². The van der Waals surface area contributed by atoms with Crippen molar-refractivity contribution < 1.29 is 0 Å². The Hall–Kier alpha value is -2.34. The van der Waals surface area contributed by atoms with Gasteiger partial charge in [0.15, 0.2) is 0 Å². The molecule has 1 aromatic heterocycles. The lowest BCUT2D eigenvalue weighted by Crippen LogP contribution is -2.16. The van der Waals surface area contributed by atoms with Crippen LogP contribution < -0.4 is 5.32 Å². The Balaban J connectivity index is 1.84. The van der Waals surface area contributed by atoms with E-state index in [4.69, 9.17) is 5.26 Å². The Labute approximate surface area is 113 Å². The lowest BCUT2D eigenvalue weighted by Gasteiger charge is -2.14. The standard InChI is InChI=1S/C16H17N3/c1-13(7-8-14-5-3-2-4-6-14)19-16-10-9-15(11-17)12-18-16/h2-6,9-10,12-13H,7-8H2,1H3,(H,18,19). The second-order valence-electron chi connectivity index (χ2n) is 4.61. The van der Waals surface area contributed by atoms with E-state index in [0.29, 0.717) is 11.6 Å². The summed E-state index contributed by atoms with van der Waals surface area (Å²) in [5.74, 6) is 0.819. The summed E-state index contributed by atoms with van der Waals surface area (Å²) >= 11 is 0. The fourth-order valence-corrected chi connectivity index (χ4v) is 1.90. The number of benzene rings is 1. The smallest absolute Gasteiger partial charge is 0.126 e. The van der Waals surface area contributed by atoms with Crippen molar-refractivity contribution in [2.75, 3.05) is 5.32 Å². The van der Waals surface area contributed by atoms with Crippen molar-refractivity contribution in [2.24, 2.45) is 0 Å². The van der Waals surface area contributed by atoms with Crippen LogP contribution in [0.15, 0.2) is 48.7 Å². The average molecular weight is 251 g/mol. The molecule has 0 spiro atoms. The van der Waals surface area contributed by atoms with Gasteiger partial charge in [-0.3, -0.25) is 0 Å². The van der Waals surface area contributed by atoms with Crippen LogP contribution in [0.25, 0.3) is 0 Å². The number of nitriles is 1. The molecule has 2 aromatic rings. The van der Waals surface area contributed by atoms with Gasteiger partial charge in [-0.2, -0.15) is 5.26 Å². The summed E-state index contributed by atoms with van der Waals surface area (Å²) in [6.45, 7) is 2.14. The fourth-order valence-electron chi connectivity index (χ4n) is 1.90. The number of rotatable bonds is 5. The lowest BCUT2D eigenvalue weighted by atomic mass is 10.1. The van der Waals surface area contributed by atoms with Crippen LogP contribution in [0.3, 0.4) is 0 Å². The molecule has 0 saturated heterocycles. The molecular formula is C16H17N3. The average Bonchev–Trinajstić information content (AvgIpc) is 2.47. The second kappa shape index (κ2) is 6.55. The zero-order valence-electron chi connectivity index (χ0n) is 11.0. The summed E-state index contributed by atoms with van der Waals surface area (Å²) in [6.07, 6.45) is 3.68. The number of nitrogens with one attached hydrogen (secondary N) is 1. The molecule has 2 rings (SSSR count). The molecule has 1 heterocycles. The van der Waals surface area contributed by atoms with E-state index in [2.05, 4.69) is 47.6 Å². The highest BCUT2D eigenvalue weighted by molar-refractivity contribution is 5.39. The molecule has 0 amide bonds. The minimum atomic E-state index is 0.348. The third kappa shape index (κ3) is 4.11. The van der Waals surface area contributed by atoms with E-state index < -0.39 is 0 Å². The highest BCUT2D eigenvalue weighted by atomic mass is 15.0. The molecule has 0 bridgehead atoms. The molecule has 0 radical (unpaired) electrons. The first-order chi connectivity index (χ1) is 9.28. The SMILES string of the molecule is CC(CCc1ccccc1)Nc1ccc(C#N)cn1. The van der Waals surface area contributed by atoms with Crippen LogP contribution in [0.2, 0.25) is 0 Å². The summed E-state index contributed by atoms with van der Waals surface area (Å²) in [4.78, 5) is 4.21. The largest absolute Gasteiger partial charge is 0.368 e. The van der Waals surface area contributed by atoms with Gasteiger partial charge >= 0.3 is 0 Å². The first-order valence-electron chi connectivity index (χ1n) is 6.44. The number of aryl methyl sites for hydroxylation is 1. The van der Waals surface area contributed by atoms with Gasteiger partial charge in [-0.1, -0.05) is 30.3 Å². The number of aromatic nitrogens is 1. The van der Waals surface area contributed by atoms with Crippen molar-refractivity contribution in [2.45, 2.75) is 25.8 Å². The minimum Gasteiger partial charge on any atom is -0.368 e. The van der Waals surface area contributed by atoms with E-state index in [1.54, 1.807) is 12.3 Å². The van der Waals surface area contributed by atoms with Crippen LogP contribution in [0.4, 0.5) is 5.82 Å². The highest BCUT2D eigenvalue weighted by Crippen LogP contribution is 2.10.